The van der Waals surface area contributed by atoms with Crippen LogP contribution in [-0.4, -0.2) is 52.4 Å². The molecule has 136 valence electrons. The molecular formula is C15H25ClN4O3S. The van der Waals surface area contributed by atoms with Gasteiger partial charge in [-0.2, -0.15) is 0 Å². The highest BCUT2D eigenvalue weighted by Gasteiger charge is 2.24. The van der Waals surface area contributed by atoms with E-state index in [0.29, 0.717) is 24.5 Å². The van der Waals surface area contributed by atoms with E-state index in [1.807, 2.05) is 6.92 Å². The number of hydrogen-bond acceptors (Lipinski definition) is 5. The molecule has 1 aromatic carbocycles. The summed E-state index contributed by atoms with van der Waals surface area (Å²) in [6.45, 7) is 4.09. The van der Waals surface area contributed by atoms with Crippen LogP contribution in [0.4, 0.5) is 11.4 Å². The van der Waals surface area contributed by atoms with Crippen molar-refractivity contribution in [1.29, 1.82) is 0 Å². The average Bonchev–Trinajstić information content (AvgIpc) is 3.03. The smallest absolute Gasteiger partial charge is 0.242 e. The summed E-state index contributed by atoms with van der Waals surface area (Å²) < 4.78 is 25.7. The number of rotatable bonds is 6. The van der Waals surface area contributed by atoms with E-state index in [0.717, 1.165) is 17.3 Å². The van der Waals surface area contributed by atoms with Crippen LogP contribution in [0.3, 0.4) is 0 Å². The van der Waals surface area contributed by atoms with Crippen LogP contribution >= 0.6 is 12.4 Å². The number of benzene rings is 1. The van der Waals surface area contributed by atoms with Gasteiger partial charge in [0.15, 0.2) is 0 Å². The molecular weight excluding hydrogens is 352 g/mol. The monoisotopic (exact) mass is 376 g/mol. The third-order valence-corrected chi connectivity index (χ3v) is 5.64. The lowest BCUT2D eigenvalue weighted by Crippen LogP contribution is -2.26. The molecule has 1 saturated heterocycles. The van der Waals surface area contributed by atoms with Gasteiger partial charge in [-0.1, -0.05) is 0 Å². The lowest BCUT2D eigenvalue weighted by Gasteiger charge is -2.17. The predicted octanol–water partition coefficient (Wildman–Crippen LogP) is 1.34. The first-order chi connectivity index (χ1) is 10.9. The summed E-state index contributed by atoms with van der Waals surface area (Å²) >= 11 is 0. The summed E-state index contributed by atoms with van der Waals surface area (Å²) in [5, 5.41) is 9.16. The van der Waals surface area contributed by atoms with E-state index in [4.69, 9.17) is 0 Å². The number of amides is 1. The minimum atomic E-state index is -3.54. The van der Waals surface area contributed by atoms with Crippen molar-refractivity contribution in [2.24, 2.45) is 5.92 Å². The van der Waals surface area contributed by atoms with Gasteiger partial charge in [-0.3, -0.25) is 4.79 Å². The lowest BCUT2D eigenvalue weighted by molar-refractivity contribution is -0.119. The van der Waals surface area contributed by atoms with E-state index >= 15 is 0 Å². The number of nitrogens with zero attached hydrogens (tertiary/aromatic N) is 1. The Morgan fingerprint density at radius 1 is 1.33 bits per heavy atom. The highest BCUT2D eigenvalue weighted by atomic mass is 35.5. The average molecular weight is 377 g/mol. The summed E-state index contributed by atoms with van der Waals surface area (Å²) in [4.78, 5) is 12.5. The Labute approximate surface area is 149 Å². The normalized spacial score (nSPS) is 17.4. The largest absolute Gasteiger partial charge is 0.384 e. The van der Waals surface area contributed by atoms with Gasteiger partial charge in [-0.05, 0) is 38.1 Å². The van der Waals surface area contributed by atoms with Gasteiger partial charge >= 0.3 is 0 Å². The summed E-state index contributed by atoms with van der Waals surface area (Å²) in [5.74, 6) is -0.174. The highest BCUT2D eigenvalue weighted by Crippen LogP contribution is 2.27. The second-order valence-electron chi connectivity index (χ2n) is 5.70. The fourth-order valence-electron chi connectivity index (χ4n) is 2.46. The molecule has 3 N–H and O–H groups in total. The van der Waals surface area contributed by atoms with Crippen molar-refractivity contribution in [2.45, 2.75) is 18.2 Å². The van der Waals surface area contributed by atoms with Crippen molar-refractivity contribution >= 4 is 39.7 Å². The molecule has 0 bridgehead atoms. The maximum Gasteiger partial charge on any atom is 0.242 e. The van der Waals surface area contributed by atoms with Crippen LogP contribution in [0.25, 0.3) is 0 Å². The molecule has 0 aromatic heterocycles. The van der Waals surface area contributed by atoms with Crippen LogP contribution in [0.15, 0.2) is 23.1 Å². The second kappa shape index (κ2) is 8.66. The van der Waals surface area contributed by atoms with E-state index in [1.165, 1.54) is 20.2 Å². The molecule has 0 aliphatic carbocycles. The molecule has 24 heavy (non-hydrogen) atoms. The Hall–Kier alpha value is -1.35. The number of halogens is 1. The van der Waals surface area contributed by atoms with Crippen molar-refractivity contribution in [3.8, 4) is 0 Å². The minimum absolute atomic E-state index is 0. The Morgan fingerprint density at radius 3 is 2.58 bits per heavy atom. The van der Waals surface area contributed by atoms with E-state index in [1.54, 1.807) is 12.1 Å². The van der Waals surface area contributed by atoms with E-state index in [9.17, 15) is 13.2 Å². The molecule has 1 unspecified atom stereocenters. The van der Waals surface area contributed by atoms with Crippen molar-refractivity contribution in [2.75, 3.05) is 44.4 Å². The first-order valence-corrected chi connectivity index (χ1v) is 9.12. The molecule has 0 spiro atoms. The minimum Gasteiger partial charge on any atom is -0.384 e. The van der Waals surface area contributed by atoms with Gasteiger partial charge in [0.25, 0.3) is 0 Å². The van der Waals surface area contributed by atoms with Crippen molar-refractivity contribution in [3.05, 3.63) is 18.2 Å². The van der Waals surface area contributed by atoms with E-state index < -0.39 is 10.0 Å². The molecule has 1 fully saturated rings. The van der Waals surface area contributed by atoms with Crippen LogP contribution in [0.5, 0.6) is 0 Å². The van der Waals surface area contributed by atoms with Gasteiger partial charge in [-0.15, -0.1) is 12.4 Å². The summed E-state index contributed by atoms with van der Waals surface area (Å²) in [7, 11) is -0.580. The highest BCUT2D eigenvalue weighted by molar-refractivity contribution is 7.89. The fourth-order valence-corrected chi connectivity index (χ4v) is 3.38. The van der Waals surface area contributed by atoms with Crippen molar-refractivity contribution in [3.63, 3.8) is 0 Å². The summed E-state index contributed by atoms with van der Waals surface area (Å²) in [5.41, 5.74) is 1.20. The van der Waals surface area contributed by atoms with E-state index in [2.05, 4.69) is 16.0 Å². The van der Waals surface area contributed by atoms with Gasteiger partial charge in [0.1, 0.15) is 0 Å². The van der Waals surface area contributed by atoms with Gasteiger partial charge in [-0.25, -0.2) is 12.7 Å². The van der Waals surface area contributed by atoms with Crippen LogP contribution in [-0.2, 0) is 14.8 Å². The third kappa shape index (κ3) is 4.60. The number of carbonyl (C=O) groups is 1. The molecule has 9 heteroatoms. The van der Waals surface area contributed by atoms with Crippen LogP contribution in [0, 0.1) is 5.92 Å². The quantitative estimate of drug-likeness (QED) is 0.697. The Kier molecular flexibility index (Phi) is 7.47. The first-order valence-electron chi connectivity index (χ1n) is 7.68. The summed E-state index contributed by atoms with van der Waals surface area (Å²) in [6.07, 6.45) is 0.790. The van der Waals surface area contributed by atoms with Crippen LogP contribution in [0.1, 0.15) is 13.3 Å². The van der Waals surface area contributed by atoms with Gasteiger partial charge < -0.3 is 16.0 Å². The SMILES string of the molecule is CCNc1ccc(S(=O)(=O)N(C)C)cc1NC(=O)C1CCNC1.Cl. The standard InChI is InChI=1S/C15H24N4O3S.ClH/c1-4-17-13-6-5-12(23(21,22)19(2)3)9-14(13)18-15(20)11-7-8-16-10-11;/h5-6,9,11,16-17H,4,7-8,10H2,1-3H3,(H,18,20);1H. The maximum absolute atomic E-state index is 12.3. The molecule has 1 aliphatic rings. The molecule has 0 saturated carbocycles. The number of nitrogens with one attached hydrogen (secondary N) is 3. The molecule has 7 nitrogen and oxygen atoms in total. The number of sulfonamides is 1. The molecule has 1 amide bonds. The Bertz CT molecular complexity index is 673. The zero-order valence-corrected chi connectivity index (χ0v) is 15.8. The lowest BCUT2D eigenvalue weighted by atomic mass is 10.1. The third-order valence-electron chi connectivity index (χ3n) is 3.83. The number of anilines is 2. The van der Waals surface area contributed by atoms with Gasteiger partial charge in [0.2, 0.25) is 15.9 Å². The molecule has 1 atom stereocenters. The molecule has 1 aliphatic heterocycles. The zero-order chi connectivity index (χ0) is 17.0. The van der Waals surface area contributed by atoms with Gasteiger partial charge in [0.05, 0.1) is 22.2 Å². The second-order valence-corrected chi connectivity index (χ2v) is 7.86. The van der Waals surface area contributed by atoms with Crippen LogP contribution in [0.2, 0.25) is 0 Å². The predicted molar refractivity (Wildman–Crippen MR) is 98.3 cm³/mol. The van der Waals surface area contributed by atoms with Gasteiger partial charge in [0, 0.05) is 27.2 Å². The molecule has 2 rings (SSSR count). The Morgan fingerprint density at radius 2 is 2.04 bits per heavy atom. The number of hydrogen-bond donors (Lipinski definition) is 3. The molecule has 1 heterocycles. The van der Waals surface area contributed by atoms with Crippen LogP contribution < -0.4 is 16.0 Å². The summed E-state index contributed by atoms with van der Waals surface area (Å²) in [6, 6.07) is 4.73. The first kappa shape index (κ1) is 20.7. The number of carbonyl (C=O) groups excluding carboxylic acids is 1. The molecule has 1 aromatic rings. The Balaban J connectivity index is 0.00000288. The maximum atomic E-state index is 12.3. The van der Waals surface area contributed by atoms with Crippen molar-refractivity contribution < 1.29 is 13.2 Å². The topological polar surface area (TPSA) is 90.5 Å². The van der Waals surface area contributed by atoms with Crippen molar-refractivity contribution in [1.82, 2.24) is 9.62 Å². The van der Waals surface area contributed by atoms with E-state index in [-0.39, 0.29) is 29.1 Å². The fraction of sp³-hybridized carbons (Fsp3) is 0.533. The molecule has 0 radical (unpaired) electrons. The zero-order valence-electron chi connectivity index (χ0n) is 14.1.